The van der Waals surface area contributed by atoms with Crippen molar-refractivity contribution in [1.29, 1.82) is 0 Å². The van der Waals surface area contributed by atoms with Crippen LogP contribution in [0.5, 0.6) is 0 Å². The smallest absolute Gasteiger partial charge is 0.269 e. The second-order valence-electron chi connectivity index (χ2n) is 6.19. The van der Waals surface area contributed by atoms with Gasteiger partial charge in [0.15, 0.2) is 5.82 Å². The van der Waals surface area contributed by atoms with E-state index in [1.54, 1.807) is 42.6 Å². The number of pyridine rings is 1. The van der Waals surface area contributed by atoms with E-state index < -0.39 is 10.0 Å². The van der Waals surface area contributed by atoms with Gasteiger partial charge in [0.25, 0.3) is 0 Å². The molecular weight excluding hydrogens is 354 g/mol. The van der Waals surface area contributed by atoms with Gasteiger partial charge in [0.2, 0.25) is 10.0 Å². The minimum absolute atomic E-state index is 0.0603. The van der Waals surface area contributed by atoms with Crippen molar-refractivity contribution in [2.24, 2.45) is 0 Å². The topological polar surface area (TPSA) is 110 Å². The Hall–Kier alpha value is -2.78. The van der Waals surface area contributed by atoms with Crippen LogP contribution < -0.4 is 10.4 Å². The molecule has 2 aromatic heterocycles. The largest absolute Gasteiger partial charge is 0.343 e. The van der Waals surface area contributed by atoms with Crippen molar-refractivity contribution in [3.05, 3.63) is 64.7 Å². The maximum Gasteiger partial charge on any atom is 0.343 e. The molecule has 134 valence electrons. The number of rotatable bonds is 6. The van der Waals surface area contributed by atoms with Gasteiger partial charge in [-0.15, -0.1) is 0 Å². The van der Waals surface area contributed by atoms with Gasteiger partial charge in [-0.1, -0.05) is 18.2 Å². The molecule has 8 nitrogen and oxygen atoms in total. The Bertz CT molecular complexity index is 1070. The molecule has 0 amide bonds. The lowest BCUT2D eigenvalue weighted by molar-refractivity contribution is 0.581. The molecule has 1 aromatic carbocycles. The van der Waals surface area contributed by atoms with Gasteiger partial charge in [-0.25, -0.2) is 23.0 Å². The average molecular weight is 371 g/mol. The molecule has 1 saturated carbocycles. The molecule has 2 N–H and O–H groups in total. The lowest BCUT2D eigenvalue weighted by atomic mass is 10.2. The molecule has 0 spiro atoms. The summed E-state index contributed by atoms with van der Waals surface area (Å²) in [5.41, 5.74) is 1.02. The van der Waals surface area contributed by atoms with Crippen molar-refractivity contribution in [3.8, 4) is 11.5 Å². The first-order chi connectivity index (χ1) is 12.5. The fraction of sp³-hybridized carbons (Fsp3) is 0.235. The third-order valence-electron chi connectivity index (χ3n) is 4.13. The number of aromatic amines is 1. The van der Waals surface area contributed by atoms with E-state index in [1.165, 1.54) is 4.57 Å². The molecule has 1 aliphatic carbocycles. The summed E-state index contributed by atoms with van der Waals surface area (Å²) >= 11 is 0. The summed E-state index contributed by atoms with van der Waals surface area (Å²) < 4.78 is 28.5. The maximum atomic E-state index is 12.2. The highest BCUT2D eigenvalue weighted by Gasteiger charge is 2.27. The van der Waals surface area contributed by atoms with Crippen molar-refractivity contribution < 1.29 is 8.42 Å². The first kappa shape index (κ1) is 16.7. The second-order valence-corrected chi connectivity index (χ2v) is 7.91. The van der Waals surface area contributed by atoms with Crippen molar-refractivity contribution in [3.63, 3.8) is 0 Å². The van der Waals surface area contributed by atoms with Crippen molar-refractivity contribution in [2.45, 2.75) is 30.3 Å². The Kier molecular flexibility index (Phi) is 4.17. The van der Waals surface area contributed by atoms with E-state index in [-0.39, 0.29) is 23.2 Å². The lowest BCUT2D eigenvalue weighted by Crippen LogP contribution is -2.25. The first-order valence-electron chi connectivity index (χ1n) is 8.21. The molecule has 0 atom stereocenters. The van der Waals surface area contributed by atoms with Gasteiger partial charge in [-0.2, -0.15) is 5.10 Å². The van der Waals surface area contributed by atoms with Gasteiger partial charge in [-0.05, 0) is 42.7 Å². The van der Waals surface area contributed by atoms with Crippen LogP contribution in [0, 0.1) is 0 Å². The maximum absolute atomic E-state index is 12.2. The monoisotopic (exact) mass is 371 g/mol. The van der Waals surface area contributed by atoms with Crippen molar-refractivity contribution in [1.82, 2.24) is 24.5 Å². The zero-order valence-electron chi connectivity index (χ0n) is 13.8. The van der Waals surface area contributed by atoms with Crippen molar-refractivity contribution >= 4 is 10.0 Å². The second kappa shape index (κ2) is 6.50. The zero-order valence-corrected chi connectivity index (χ0v) is 14.6. The normalized spacial score (nSPS) is 14.5. The van der Waals surface area contributed by atoms with Crippen LogP contribution in [0.4, 0.5) is 0 Å². The summed E-state index contributed by atoms with van der Waals surface area (Å²) in [4.78, 5) is 16.5. The Morgan fingerprint density at radius 2 is 1.92 bits per heavy atom. The molecule has 3 aromatic rings. The molecule has 1 aliphatic rings. The molecule has 9 heteroatoms. The summed E-state index contributed by atoms with van der Waals surface area (Å²) in [5, 5.41) is 6.47. The average Bonchev–Trinajstić information content (AvgIpc) is 3.38. The van der Waals surface area contributed by atoms with E-state index in [0.29, 0.717) is 11.5 Å². The van der Waals surface area contributed by atoms with E-state index in [4.69, 9.17) is 0 Å². The molecule has 0 bridgehead atoms. The summed E-state index contributed by atoms with van der Waals surface area (Å²) in [6, 6.07) is 11.9. The number of nitrogens with zero attached hydrogens (tertiary/aromatic N) is 3. The van der Waals surface area contributed by atoms with E-state index >= 15 is 0 Å². The lowest BCUT2D eigenvalue weighted by Gasteiger charge is -2.08. The van der Waals surface area contributed by atoms with Crippen LogP contribution in [-0.2, 0) is 16.6 Å². The van der Waals surface area contributed by atoms with Crippen LogP contribution >= 0.6 is 0 Å². The molecule has 0 unspecified atom stereocenters. The molecule has 0 saturated heterocycles. The minimum Gasteiger partial charge on any atom is -0.269 e. The third kappa shape index (κ3) is 3.44. The molecule has 26 heavy (non-hydrogen) atoms. The molecule has 4 rings (SSSR count). The molecular formula is C17H17N5O3S. The summed E-state index contributed by atoms with van der Waals surface area (Å²) in [6.07, 6.45) is 3.40. The van der Waals surface area contributed by atoms with Crippen LogP contribution in [0.2, 0.25) is 0 Å². The van der Waals surface area contributed by atoms with E-state index in [0.717, 1.165) is 18.4 Å². The van der Waals surface area contributed by atoms with Crippen LogP contribution in [0.1, 0.15) is 18.4 Å². The van der Waals surface area contributed by atoms with Gasteiger partial charge < -0.3 is 0 Å². The van der Waals surface area contributed by atoms with Crippen LogP contribution in [0.25, 0.3) is 11.5 Å². The first-order valence-corrected chi connectivity index (χ1v) is 9.69. The fourth-order valence-electron chi connectivity index (χ4n) is 2.60. The van der Waals surface area contributed by atoms with Gasteiger partial charge in [0.05, 0.1) is 11.4 Å². The fourth-order valence-corrected chi connectivity index (χ4v) is 3.91. The summed E-state index contributed by atoms with van der Waals surface area (Å²) in [7, 11) is -3.48. The number of sulfonamides is 1. The number of H-pyrrole nitrogens is 1. The highest BCUT2D eigenvalue weighted by atomic mass is 32.2. The van der Waals surface area contributed by atoms with Crippen LogP contribution in [0.3, 0.4) is 0 Å². The van der Waals surface area contributed by atoms with Gasteiger partial charge in [0.1, 0.15) is 5.69 Å². The molecule has 0 radical (unpaired) electrons. The van der Waals surface area contributed by atoms with Crippen LogP contribution in [-0.4, -0.2) is 34.2 Å². The van der Waals surface area contributed by atoms with E-state index in [2.05, 4.69) is 19.9 Å². The molecule has 1 fully saturated rings. The van der Waals surface area contributed by atoms with E-state index in [9.17, 15) is 13.2 Å². The number of nitrogens with one attached hydrogen (secondary N) is 2. The van der Waals surface area contributed by atoms with Gasteiger partial charge >= 0.3 is 5.69 Å². The Morgan fingerprint density at radius 3 is 2.58 bits per heavy atom. The predicted octanol–water partition coefficient (Wildman–Crippen LogP) is 1.12. The minimum atomic E-state index is -3.48. The van der Waals surface area contributed by atoms with Gasteiger partial charge in [0, 0.05) is 12.2 Å². The highest BCUT2D eigenvalue weighted by molar-refractivity contribution is 7.89. The number of hydrogen-bond donors (Lipinski definition) is 2. The van der Waals surface area contributed by atoms with Gasteiger partial charge in [-0.3, -0.25) is 9.55 Å². The SMILES string of the molecule is O=c1[nH]nc(-c2ccccn2)n1Cc1ccc(S(=O)(=O)NC2CC2)cc1. The number of aromatic nitrogens is 4. The molecule has 0 aliphatic heterocycles. The molecule has 2 heterocycles. The quantitative estimate of drug-likeness (QED) is 0.675. The third-order valence-corrected chi connectivity index (χ3v) is 5.66. The zero-order chi connectivity index (χ0) is 18.1. The highest BCUT2D eigenvalue weighted by Crippen LogP contribution is 2.22. The van der Waals surface area contributed by atoms with Crippen molar-refractivity contribution in [2.75, 3.05) is 0 Å². The Labute approximate surface area is 150 Å². The summed E-state index contributed by atoms with van der Waals surface area (Å²) in [6.45, 7) is 0.262. The summed E-state index contributed by atoms with van der Waals surface area (Å²) in [5.74, 6) is 0.433. The Morgan fingerprint density at radius 1 is 1.15 bits per heavy atom. The van der Waals surface area contributed by atoms with Crippen LogP contribution in [0.15, 0.2) is 58.4 Å². The Balaban J connectivity index is 1.59. The predicted molar refractivity (Wildman–Crippen MR) is 95.0 cm³/mol. The number of benzene rings is 1. The van der Waals surface area contributed by atoms with E-state index in [1.807, 2.05) is 6.07 Å². The standard InChI is InChI=1S/C17H17N5O3S/c23-17-20-19-16(15-3-1-2-10-18-15)22(17)11-12-4-8-14(9-5-12)26(24,25)21-13-6-7-13/h1-5,8-10,13,21H,6-7,11H2,(H,20,23). The number of hydrogen-bond acceptors (Lipinski definition) is 5.